The van der Waals surface area contributed by atoms with Crippen LogP contribution in [0.2, 0.25) is 0 Å². The Morgan fingerprint density at radius 1 is 0.750 bits per heavy atom. The van der Waals surface area contributed by atoms with Gasteiger partial charge in [0.05, 0.1) is 5.69 Å². The highest BCUT2D eigenvalue weighted by atomic mass is 32.2. The average molecular weight is 443 g/mol. The molecule has 0 saturated carbocycles. The van der Waals surface area contributed by atoms with Gasteiger partial charge < -0.3 is 5.32 Å². The average Bonchev–Trinajstić information content (AvgIpc) is 3.00. The fourth-order valence-corrected chi connectivity index (χ4v) is 4.39. The van der Waals surface area contributed by atoms with Crippen molar-refractivity contribution in [2.75, 3.05) is 10.2 Å². The number of aryl methyl sites for hydroxylation is 2. The number of carbonyl (C=O) groups excluding carboxylic acids is 2. The molecule has 3 aromatic rings. The van der Waals surface area contributed by atoms with Crippen molar-refractivity contribution in [3.63, 3.8) is 0 Å². The van der Waals surface area contributed by atoms with Crippen LogP contribution in [-0.2, 0) is 9.59 Å². The van der Waals surface area contributed by atoms with E-state index in [1.54, 1.807) is 12.1 Å². The minimum atomic E-state index is -0.346. The first-order chi connectivity index (χ1) is 15.3. The second-order valence-electron chi connectivity index (χ2n) is 8.30. The van der Waals surface area contributed by atoms with Gasteiger partial charge in [0.2, 0.25) is 0 Å². The molecule has 0 atom stereocenters. The van der Waals surface area contributed by atoms with Gasteiger partial charge in [0.25, 0.3) is 11.8 Å². The smallest absolute Gasteiger partial charge is 0.283 e. The van der Waals surface area contributed by atoms with Crippen molar-refractivity contribution in [1.29, 1.82) is 0 Å². The van der Waals surface area contributed by atoms with Crippen molar-refractivity contribution in [3.8, 4) is 0 Å². The summed E-state index contributed by atoms with van der Waals surface area (Å²) in [5, 5.41) is 3.23. The number of anilines is 2. The molecule has 3 aromatic carbocycles. The van der Waals surface area contributed by atoms with Gasteiger partial charge in [-0.05, 0) is 61.7 Å². The van der Waals surface area contributed by atoms with Gasteiger partial charge in [-0.2, -0.15) is 0 Å². The Labute approximate surface area is 193 Å². The van der Waals surface area contributed by atoms with Crippen LogP contribution in [0.25, 0.3) is 0 Å². The summed E-state index contributed by atoms with van der Waals surface area (Å²) in [5.41, 5.74) is 5.07. The standard InChI is InChI=1S/C27H26N2O2S/c1-17(2)20-9-11-21(12-10-20)28-24-25(32-23-15-7-19(4)8-16-23)27(31)29(26(24)30)22-13-5-18(3)6-14-22/h5-17,28H,1-4H3. The Morgan fingerprint density at radius 3 is 1.88 bits per heavy atom. The maximum atomic E-state index is 13.4. The number of carbonyl (C=O) groups is 2. The molecule has 1 N–H and O–H groups in total. The fourth-order valence-electron chi connectivity index (χ4n) is 3.46. The zero-order chi connectivity index (χ0) is 22.8. The van der Waals surface area contributed by atoms with E-state index in [-0.39, 0.29) is 11.8 Å². The van der Waals surface area contributed by atoms with E-state index >= 15 is 0 Å². The summed E-state index contributed by atoms with van der Waals surface area (Å²) in [4.78, 5) is 29.4. The third kappa shape index (κ3) is 4.48. The highest BCUT2D eigenvalue weighted by Gasteiger charge is 2.40. The van der Waals surface area contributed by atoms with Crippen LogP contribution < -0.4 is 10.2 Å². The number of nitrogens with one attached hydrogen (secondary N) is 1. The van der Waals surface area contributed by atoms with Gasteiger partial charge in [0.15, 0.2) is 0 Å². The van der Waals surface area contributed by atoms with E-state index in [2.05, 4.69) is 19.2 Å². The van der Waals surface area contributed by atoms with Crippen molar-refractivity contribution in [2.24, 2.45) is 0 Å². The molecule has 32 heavy (non-hydrogen) atoms. The maximum Gasteiger partial charge on any atom is 0.283 e. The zero-order valence-corrected chi connectivity index (χ0v) is 19.5. The lowest BCUT2D eigenvalue weighted by molar-refractivity contribution is -0.120. The minimum absolute atomic E-state index is 0.304. The molecule has 0 radical (unpaired) electrons. The molecule has 0 unspecified atom stereocenters. The Kier molecular flexibility index (Phi) is 6.19. The van der Waals surface area contributed by atoms with Gasteiger partial charge in [-0.1, -0.05) is 73.1 Å². The fraction of sp³-hybridized carbons (Fsp3) is 0.185. The van der Waals surface area contributed by atoms with Crippen LogP contribution in [0.4, 0.5) is 11.4 Å². The summed E-state index contributed by atoms with van der Waals surface area (Å²) in [6, 6.07) is 23.3. The molecular weight excluding hydrogens is 416 g/mol. The van der Waals surface area contributed by atoms with Crippen molar-refractivity contribution in [3.05, 3.63) is 100 Å². The summed E-state index contributed by atoms with van der Waals surface area (Å²) in [5.74, 6) is -0.241. The number of nitrogens with zero attached hydrogens (tertiary/aromatic N) is 1. The molecule has 1 aliphatic rings. The molecule has 0 fully saturated rings. The number of thioether (sulfide) groups is 1. The number of hydrogen-bond acceptors (Lipinski definition) is 4. The van der Waals surface area contributed by atoms with E-state index in [1.165, 1.54) is 22.2 Å². The molecule has 1 heterocycles. The molecule has 0 aromatic heterocycles. The summed E-state index contributed by atoms with van der Waals surface area (Å²) >= 11 is 1.31. The Morgan fingerprint density at radius 2 is 1.31 bits per heavy atom. The molecule has 162 valence electrons. The van der Waals surface area contributed by atoms with Crippen LogP contribution in [0, 0.1) is 13.8 Å². The van der Waals surface area contributed by atoms with Gasteiger partial charge in [0.1, 0.15) is 10.6 Å². The van der Waals surface area contributed by atoms with Gasteiger partial charge in [-0.15, -0.1) is 0 Å². The van der Waals surface area contributed by atoms with Crippen LogP contribution in [0.1, 0.15) is 36.5 Å². The molecule has 2 amide bonds. The van der Waals surface area contributed by atoms with Crippen LogP contribution in [-0.4, -0.2) is 11.8 Å². The molecule has 0 bridgehead atoms. The molecule has 0 aliphatic carbocycles. The number of imide groups is 1. The van der Waals surface area contributed by atoms with E-state index in [0.29, 0.717) is 22.2 Å². The minimum Gasteiger partial charge on any atom is -0.350 e. The zero-order valence-electron chi connectivity index (χ0n) is 18.7. The van der Waals surface area contributed by atoms with Crippen molar-refractivity contribution >= 4 is 35.0 Å². The molecule has 1 aliphatic heterocycles. The van der Waals surface area contributed by atoms with E-state index in [1.807, 2.05) is 74.5 Å². The lowest BCUT2D eigenvalue weighted by Crippen LogP contribution is -2.32. The predicted octanol–water partition coefficient (Wildman–Crippen LogP) is 6.42. The normalized spacial score (nSPS) is 14.0. The van der Waals surface area contributed by atoms with Crippen molar-refractivity contribution in [2.45, 2.75) is 38.5 Å². The van der Waals surface area contributed by atoms with Gasteiger partial charge in [-0.3, -0.25) is 9.59 Å². The second kappa shape index (κ2) is 9.05. The van der Waals surface area contributed by atoms with Crippen molar-refractivity contribution in [1.82, 2.24) is 0 Å². The quantitative estimate of drug-likeness (QED) is 0.448. The highest BCUT2D eigenvalue weighted by Crippen LogP contribution is 2.38. The Hall–Kier alpha value is -3.31. The predicted molar refractivity (Wildman–Crippen MR) is 132 cm³/mol. The topological polar surface area (TPSA) is 49.4 Å². The van der Waals surface area contributed by atoms with Crippen LogP contribution in [0.5, 0.6) is 0 Å². The first-order valence-corrected chi connectivity index (χ1v) is 11.5. The van der Waals surface area contributed by atoms with E-state index < -0.39 is 0 Å². The maximum absolute atomic E-state index is 13.4. The molecular formula is C27H26N2O2S. The third-order valence-corrected chi connectivity index (χ3v) is 6.51. The van der Waals surface area contributed by atoms with E-state index in [9.17, 15) is 9.59 Å². The van der Waals surface area contributed by atoms with Gasteiger partial charge in [-0.25, -0.2) is 4.90 Å². The molecule has 4 rings (SSSR count). The summed E-state index contributed by atoms with van der Waals surface area (Å²) < 4.78 is 0. The summed E-state index contributed by atoms with van der Waals surface area (Å²) in [7, 11) is 0. The third-order valence-electron chi connectivity index (χ3n) is 5.42. The van der Waals surface area contributed by atoms with Crippen LogP contribution in [0.15, 0.2) is 88.3 Å². The summed E-state index contributed by atoms with van der Waals surface area (Å²) in [6.45, 7) is 8.27. The van der Waals surface area contributed by atoms with E-state index in [4.69, 9.17) is 0 Å². The first kappa shape index (κ1) is 21.9. The number of benzene rings is 3. The number of amides is 2. The molecule has 4 nitrogen and oxygen atoms in total. The van der Waals surface area contributed by atoms with Crippen LogP contribution >= 0.6 is 11.8 Å². The SMILES string of the molecule is Cc1ccc(SC2=C(Nc3ccc(C(C)C)cc3)C(=O)N(c3ccc(C)cc3)C2=O)cc1. The first-order valence-electron chi connectivity index (χ1n) is 10.6. The van der Waals surface area contributed by atoms with Crippen molar-refractivity contribution < 1.29 is 9.59 Å². The van der Waals surface area contributed by atoms with Crippen LogP contribution in [0.3, 0.4) is 0 Å². The van der Waals surface area contributed by atoms with Gasteiger partial charge >= 0.3 is 0 Å². The molecule has 5 heteroatoms. The summed E-state index contributed by atoms with van der Waals surface area (Å²) in [6.07, 6.45) is 0. The lowest BCUT2D eigenvalue weighted by atomic mass is 10.0. The van der Waals surface area contributed by atoms with E-state index in [0.717, 1.165) is 21.7 Å². The second-order valence-corrected chi connectivity index (χ2v) is 9.39. The molecule has 0 spiro atoms. The monoisotopic (exact) mass is 442 g/mol. The number of hydrogen-bond donors (Lipinski definition) is 1. The lowest BCUT2D eigenvalue weighted by Gasteiger charge is -2.15. The largest absolute Gasteiger partial charge is 0.350 e. The molecule has 0 saturated heterocycles. The Balaban J connectivity index is 1.71. The van der Waals surface area contributed by atoms with Gasteiger partial charge in [0, 0.05) is 10.6 Å². The highest BCUT2D eigenvalue weighted by molar-refractivity contribution is 8.04. The Bertz CT molecular complexity index is 1180. The number of rotatable bonds is 6.